The Morgan fingerprint density at radius 1 is 1.21 bits per heavy atom. The van der Waals surface area contributed by atoms with Crippen LogP contribution in [0.2, 0.25) is 5.02 Å². The highest BCUT2D eigenvalue weighted by atomic mass is 127. The SMILES string of the molecule is CCOc1cc(/C=C2\SC(NC(C)=O)=NC2=O)cc(I)c1OCC(=O)Nc1ccc(C)c(Cl)c1. The van der Waals surface area contributed by atoms with Crippen LogP contribution < -0.4 is 20.1 Å². The van der Waals surface area contributed by atoms with Gasteiger partial charge in [0.2, 0.25) is 5.91 Å². The molecule has 0 radical (unpaired) electrons. The number of nitrogens with zero attached hydrogens (tertiary/aromatic N) is 1. The van der Waals surface area contributed by atoms with Crippen LogP contribution >= 0.6 is 46.0 Å². The van der Waals surface area contributed by atoms with Gasteiger partial charge in [0.15, 0.2) is 23.3 Å². The quantitative estimate of drug-likeness (QED) is 0.344. The van der Waals surface area contributed by atoms with E-state index in [1.807, 2.05) is 19.9 Å². The molecule has 1 aliphatic heterocycles. The smallest absolute Gasteiger partial charge is 0.286 e. The number of hydrogen-bond acceptors (Lipinski definition) is 6. The molecule has 0 saturated carbocycles. The van der Waals surface area contributed by atoms with Crippen molar-refractivity contribution in [2.75, 3.05) is 18.5 Å². The van der Waals surface area contributed by atoms with Gasteiger partial charge in [-0.2, -0.15) is 4.99 Å². The molecule has 0 saturated heterocycles. The summed E-state index contributed by atoms with van der Waals surface area (Å²) < 4.78 is 12.2. The molecule has 3 rings (SSSR count). The number of carbonyl (C=O) groups excluding carboxylic acids is 3. The van der Waals surface area contributed by atoms with Crippen LogP contribution in [0.5, 0.6) is 11.5 Å². The van der Waals surface area contributed by atoms with E-state index >= 15 is 0 Å². The van der Waals surface area contributed by atoms with Crippen molar-refractivity contribution in [3.63, 3.8) is 0 Å². The third-order valence-corrected chi connectivity index (χ3v) is 6.44. The number of hydrogen-bond donors (Lipinski definition) is 2. The van der Waals surface area contributed by atoms with Crippen LogP contribution in [0.15, 0.2) is 40.2 Å². The molecule has 0 bridgehead atoms. The van der Waals surface area contributed by atoms with E-state index < -0.39 is 5.91 Å². The molecular weight excluding hydrogens is 593 g/mol. The van der Waals surface area contributed by atoms with Gasteiger partial charge in [0.1, 0.15) is 0 Å². The second-order valence-electron chi connectivity index (χ2n) is 7.08. The van der Waals surface area contributed by atoms with Crippen molar-refractivity contribution in [1.29, 1.82) is 0 Å². The summed E-state index contributed by atoms with van der Waals surface area (Å²) >= 11 is 9.27. The van der Waals surface area contributed by atoms with Crippen LogP contribution in [-0.2, 0) is 14.4 Å². The Labute approximate surface area is 219 Å². The number of anilines is 1. The summed E-state index contributed by atoms with van der Waals surface area (Å²) in [6.07, 6.45) is 1.66. The summed E-state index contributed by atoms with van der Waals surface area (Å²) in [6.45, 7) is 5.21. The van der Waals surface area contributed by atoms with Crippen LogP contribution in [0, 0.1) is 10.5 Å². The van der Waals surface area contributed by atoms with Crippen molar-refractivity contribution in [3.8, 4) is 11.5 Å². The summed E-state index contributed by atoms with van der Waals surface area (Å²) in [7, 11) is 0. The number of thioether (sulfide) groups is 1. The Balaban J connectivity index is 1.73. The molecule has 178 valence electrons. The lowest BCUT2D eigenvalue weighted by Crippen LogP contribution is -2.23. The molecule has 0 spiro atoms. The Morgan fingerprint density at radius 2 is 1.97 bits per heavy atom. The number of amidine groups is 1. The maximum atomic E-state index is 12.4. The Kier molecular flexibility index (Phi) is 8.97. The predicted octanol–water partition coefficient (Wildman–Crippen LogP) is 4.78. The molecule has 34 heavy (non-hydrogen) atoms. The van der Waals surface area contributed by atoms with E-state index in [4.69, 9.17) is 21.1 Å². The number of benzene rings is 2. The van der Waals surface area contributed by atoms with E-state index in [-0.39, 0.29) is 23.6 Å². The third kappa shape index (κ3) is 6.97. The topological polar surface area (TPSA) is 106 Å². The van der Waals surface area contributed by atoms with E-state index in [1.165, 1.54) is 6.92 Å². The van der Waals surface area contributed by atoms with Gasteiger partial charge in [-0.3, -0.25) is 14.4 Å². The maximum absolute atomic E-state index is 12.4. The molecule has 2 N–H and O–H groups in total. The van der Waals surface area contributed by atoms with Crippen LogP contribution in [0.25, 0.3) is 6.08 Å². The van der Waals surface area contributed by atoms with Gasteiger partial charge < -0.3 is 20.1 Å². The van der Waals surface area contributed by atoms with Crippen molar-refractivity contribution >= 4 is 80.6 Å². The van der Waals surface area contributed by atoms with Gasteiger partial charge in [-0.15, -0.1) is 0 Å². The van der Waals surface area contributed by atoms with Crippen molar-refractivity contribution in [2.45, 2.75) is 20.8 Å². The van der Waals surface area contributed by atoms with Gasteiger partial charge in [0.05, 0.1) is 15.1 Å². The number of aryl methyl sites for hydroxylation is 1. The maximum Gasteiger partial charge on any atom is 0.286 e. The van der Waals surface area contributed by atoms with E-state index in [1.54, 1.807) is 30.3 Å². The number of carbonyl (C=O) groups is 3. The van der Waals surface area contributed by atoms with Crippen LogP contribution in [-0.4, -0.2) is 36.1 Å². The minimum absolute atomic E-state index is 0.232. The van der Waals surface area contributed by atoms with Crippen molar-refractivity contribution in [3.05, 3.63) is 55.0 Å². The van der Waals surface area contributed by atoms with Crippen LogP contribution in [0.1, 0.15) is 25.0 Å². The fourth-order valence-corrected chi connectivity index (χ4v) is 4.67. The minimum Gasteiger partial charge on any atom is -0.490 e. The first-order valence-corrected chi connectivity index (χ1v) is 12.4. The van der Waals surface area contributed by atoms with Crippen molar-refractivity contribution < 1.29 is 23.9 Å². The Hall–Kier alpha value is -2.57. The van der Waals surface area contributed by atoms with Gasteiger partial charge in [0, 0.05) is 17.6 Å². The number of halogens is 2. The van der Waals surface area contributed by atoms with Gasteiger partial charge in [-0.1, -0.05) is 17.7 Å². The lowest BCUT2D eigenvalue weighted by atomic mass is 10.2. The lowest BCUT2D eigenvalue weighted by molar-refractivity contribution is -0.118. The fourth-order valence-electron chi connectivity index (χ4n) is 2.84. The Bertz CT molecular complexity index is 1220. The largest absolute Gasteiger partial charge is 0.490 e. The first kappa shape index (κ1) is 26.0. The summed E-state index contributed by atoms with van der Waals surface area (Å²) in [6, 6.07) is 8.78. The molecule has 8 nitrogen and oxygen atoms in total. The number of rotatable bonds is 7. The first-order chi connectivity index (χ1) is 16.2. The normalized spacial score (nSPS) is 14.1. The van der Waals surface area contributed by atoms with Crippen LogP contribution in [0.3, 0.4) is 0 Å². The van der Waals surface area contributed by atoms with Gasteiger partial charge in [-0.05, 0) is 89.7 Å². The lowest BCUT2D eigenvalue weighted by Gasteiger charge is -2.15. The zero-order valence-corrected chi connectivity index (χ0v) is 22.3. The molecule has 3 amide bonds. The molecule has 2 aromatic carbocycles. The van der Waals surface area contributed by atoms with E-state index in [0.717, 1.165) is 17.3 Å². The summed E-state index contributed by atoms with van der Waals surface area (Å²) in [4.78, 5) is 40.0. The fraction of sp³-hybridized carbons (Fsp3) is 0.217. The van der Waals surface area contributed by atoms with E-state index in [9.17, 15) is 14.4 Å². The summed E-state index contributed by atoms with van der Waals surface area (Å²) in [5.74, 6) is -0.229. The standard InChI is InChI=1S/C23H21ClIN3O5S/c1-4-32-18-8-14(9-19-22(31)28-23(34-19)26-13(3)29)7-17(25)21(18)33-11-20(30)27-15-6-5-12(2)16(24)10-15/h5-10H,4,11H2,1-3H3,(H,27,30)(H,26,28,29,31)/b19-9-. The highest BCUT2D eigenvalue weighted by Gasteiger charge is 2.23. The average molecular weight is 614 g/mol. The van der Waals surface area contributed by atoms with Crippen molar-refractivity contribution in [1.82, 2.24) is 5.32 Å². The van der Waals surface area contributed by atoms with E-state index in [2.05, 4.69) is 38.2 Å². The third-order valence-electron chi connectivity index (χ3n) is 4.34. The molecule has 11 heteroatoms. The molecule has 0 aliphatic carbocycles. The first-order valence-electron chi connectivity index (χ1n) is 10.1. The van der Waals surface area contributed by atoms with Crippen molar-refractivity contribution in [2.24, 2.45) is 4.99 Å². The molecule has 0 unspecified atom stereocenters. The predicted molar refractivity (Wildman–Crippen MR) is 142 cm³/mol. The second-order valence-corrected chi connectivity index (χ2v) is 9.68. The summed E-state index contributed by atoms with van der Waals surface area (Å²) in [5.41, 5.74) is 2.18. The monoisotopic (exact) mass is 613 g/mol. The Morgan fingerprint density at radius 3 is 2.65 bits per heavy atom. The summed E-state index contributed by atoms with van der Waals surface area (Å²) in [5, 5.41) is 6.06. The number of aliphatic imine (C=N–C) groups is 1. The number of nitrogens with one attached hydrogen (secondary N) is 2. The highest BCUT2D eigenvalue weighted by Crippen LogP contribution is 2.36. The molecular formula is C23H21ClIN3O5S. The zero-order valence-electron chi connectivity index (χ0n) is 18.5. The second kappa shape index (κ2) is 11.7. The number of ether oxygens (including phenoxy) is 2. The highest BCUT2D eigenvalue weighted by molar-refractivity contribution is 14.1. The van der Waals surface area contributed by atoms with Gasteiger partial charge in [-0.25, -0.2) is 0 Å². The molecule has 1 aliphatic rings. The molecule has 2 aromatic rings. The minimum atomic E-state index is -0.435. The average Bonchev–Trinajstić information content (AvgIpc) is 3.08. The molecule has 0 aromatic heterocycles. The molecule has 1 heterocycles. The zero-order chi connectivity index (χ0) is 24.8. The molecule has 0 atom stereocenters. The van der Waals surface area contributed by atoms with Crippen LogP contribution in [0.4, 0.5) is 5.69 Å². The van der Waals surface area contributed by atoms with Gasteiger partial charge >= 0.3 is 0 Å². The van der Waals surface area contributed by atoms with E-state index in [0.29, 0.717) is 42.9 Å². The molecule has 0 fully saturated rings. The number of amides is 3. The van der Waals surface area contributed by atoms with Gasteiger partial charge in [0.25, 0.3) is 11.8 Å².